The number of esters is 1. The van der Waals surface area contributed by atoms with Crippen LogP contribution < -0.4 is 21.5 Å². The molecule has 0 bridgehead atoms. The molecule has 3 aliphatic rings. The van der Waals surface area contributed by atoms with E-state index < -0.39 is 11.3 Å². The van der Waals surface area contributed by atoms with Crippen LogP contribution in [0.2, 0.25) is 0 Å². The minimum absolute atomic E-state index is 0.201. The number of nitrogens with one attached hydrogen (secondary N) is 1. The number of nitrogens with two attached hydrogens (primary N) is 2. The predicted molar refractivity (Wildman–Crippen MR) is 127 cm³/mol. The van der Waals surface area contributed by atoms with Crippen molar-refractivity contribution in [3.05, 3.63) is 47.4 Å². The SMILES string of the molecule is CC(N)(N)c1cnc(OC2CC2)c2cnc(Nc3ccc4c(n3)C3(CC3)C(C)(C)OC4=O)cc12. The molecular weight excluding hydrogens is 432 g/mol. The molecule has 0 amide bonds. The summed E-state index contributed by atoms with van der Waals surface area (Å²) in [5, 5.41) is 4.87. The maximum Gasteiger partial charge on any atom is 0.340 e. The van der Waals surface area contributed by atoms with Gasteiger partial charge in [0.1, 0.15) is 23.3 Å². The largest absolute Gasteiger partial charge is 0.474 e. The molecule has 1 spiro atoms. The lowest BCUT2D eigenvalue weighted by Crippen LogP contribution is -2.46. The normalized spacial score (nSPS) is 20.1. The first-order chi connectivity index (χ1) is 16.1. The third kappa shape index (κ3) is 3.30. The molecule has 176 valence electrons. The van der Waals surface area contributed by atoms with Crippen LogP contribution >= 0.6 is 0 Å². The average molecular weight is 461 g/mol. The van der Waals surface area contributed by atoms with E-state index in [1.54, 1.807) is 31.5 Å². The summed E-state index contributed by atoms with van der Waals surface area (Å²) in [6.07, 6.45) is 7.53. The van der Waals surface area contributed by atoms with Crippen LogP contribution in [0.4, 0.5) is 11.6 Å². The molecule has 0 atom stereocenters. The summed E-state index contributed by atoms with van der Waals surface area (Å²) >= 11 is 0. The number of rotatable bonds is 5. The van der Waals surface area contributed by atoms with Crippen molar-refractivity contribution in [3.63, 3.8) is 0 Å². The number of pyridine rings is 3. The fourth-order valence-corrected chi connectivity index (χ4v) is 4.87. The van der Waals surface area contributed by atoms with E-state index in [0.29, 0.717) is 28.6 Å². The lowest BCUT2D eigenvalue weighted by Gasteiger charge is -2.39. The monoisotopic (exact) mass is 460 g/mol. The molecule has 2 saturated carbocycles. The van der Waals surface area contributed by atoms with Crippen LogP contribution in [0.3, 0.4) is 0 Å². The van der Waals surface area contributed by atoms with Gasteiger partial charge >= 0.3 is 5.97 Å². The van der Waals surface area contributed by atoms with E-state index in [2.05, 4.69) is 15.3 Å². The predicted octanol–water partition coefficient (Wildman–Crippen LogP) is 3.38. The zero-order chi connectivity index (χ0) is 23.9. The molecule has 9 heteroatoms. The Kier molecular flexibility index (Phi) is 4.29. The quantitative estimate of drug-likeness (QED) is 0.386. The molecule has 0 radical (unpaired) electrons. The first kappa shape index (κ1) is 21.2. The maximum absolute atomic E-state index is 12.5. The number of hydrogen-bond donors (Lipinski definition) is 3. The standard InChI is InChI=1S/C25H28N6O3/c1-23(2)25(8-9-25)20-14(22(32)34-23)6-7-18(31-20)30-19-10-15-16(11-28-19)21(33-13-4-5-13)29-12-17(15)24(3,26)27/h6-7,10-13H,4-5,8-9,26-27H2,1-3H3,(H,28,30,31). The average Bonchev–Trinajstić information content (AvgIpc) is 3.67. The fraction of sp³-hybridized carbons (Fsp3) is 0.440. The van der Waals surface area contributed by atoms with Crippen molar-refractivity contribution in [2.45, 2.75) is 69.2 Å². The van der Waals surface area contributed by atoms with E-state index in [1.807, 2.05) is 19.9 Å². The molecule has 1 aliphatic heterocycles. The van der Waals surface area contributed by atoms with Crippen molar-refractivity contribution >= 4 is 28.4 Å². The lowest BCUT2D eigenvalue weighted by atomic mass is 9.80. The van der Waals surface area contributed by atoms with Crippen LogP contribution in [0, 0.1) is 0 Å². The van der Waals surface area contributed by atoms with Gasteiger partial charge in [0.15, 0.2) is 0 Å². The molecule has 6 rings (SSSR count). The van der Waals surface area contributed by atoms with Gasteiger partial charge in [-0.25, -0.2) is 19.7 Å². The zero-order valence-corrected chi connectivity index (χ0v) is 19.5. The van der Waals surface area contributed by atoms with Gasteiger partial charge in [0.2, 0.25) is 5.88 Å². The van der Waals surface area contributed by atoms with Gasteiger partial charge < -0.3 is 26.3 Å². The van der Waals surface area contributed by atoms with E-state index in [0.717, 1.165) is 42.1 Å². The first-order valence-corrected chi connectivity index (χ1v) is 11.6. The number of carbonyl (C=O) groups excluding carboxylic acids is 1. The van der Waals surface area contributed by atoms with E-state index in [9.17, 15) is 4.79 Å². The number of ether oxygens (including phenoxy) is 2. The third-order valence-corrected chi connectivity index (χ3v) is 7.19. The summed E-state index contributed by atoms with van der Waals surface area (Å²) in [6.45, 7) is 5.65. The Morgan fingerprint density at radius 2 is 1.88 bits per heavy atom. The molecule has 2 aliphatic carbocycles. The van der Waals surface area contributed by atoms with Crippen molar-refractivity contribution in [1.29, 1.82) is 0 Å². The minimum atomic E-state index is -1.09. The topological polar surface area (TPSA) is 138 Å². The van der Waals surface area contributed by atoms with Crippen LogP contribution in [0.25, 0.3) is 10.8 Å². The van der Waals surface area contributed by atoms with Crippen molar-refractivity contribution < 1.29 is 14.3 Å². The van der Waals surface area contributed by atoms with Crippen LogP contribution in [0.5, 0.6) is 5.88 Å². The molecule has 9 nitrogen and oxygen atoms in total. The summed E-state index contributed by atoms with van der Waals surface area (Å²) in [5.74, 6) is 1.39. The molecule has 0 aromatic carbocycles. The second-order valence-corrected chi connectivity index (χ2v) is 10.4. The smallest absolute Gasteiger partial charge is 0.340 e. The molecule has 0 unspecified atom stereocenters. The van der Waals surface area contributed by atoms with Gasteiger partial charge in [0.25, 0.3) is 0 Å². The number of hydrogen-bond acceptors (Lipinski definition) is 9. The van der Waals surface area contributed by atoms with Gasteiger partial charge in [0, 0.05) is 23.3 Å². The minimum Gasteiger partial charge on any atom is -0.474 e. The zero-order valence-electron chi connectivity index (χ0n) is 19.5. The van der Waals surface area contributed by atoms with E-state index >= 15 is 0 Å². The second-order valence-electron chi connectivity index (χ2n) is 10.4. The maximum atomic E-state index is 12.5. The number of aromatic nitrogens is 3. The highest BCUT2D eigenvalue weighted by Gasteiger charge is 2.63. The Labute approximate surface area is 197 Å². The van der Waals surface area contributed by atoms with Crippen molar-refractivity contribution in [2.75, 3.05) is 5.32 Å². The van der Waals surface area contributed by atoms with Crippen LogP contribution in [-0.2, 0) is 15.8 Å². The van der Waals surface area contributed by atoms with Crippen molar-refractivity contribution in [1.82, 2.24) is 15.0 Å². The second kappa shape index (κ2) is 6.86. The molecule has 2 fully saturated rings. The van der Waals surface area contributed by atoms with Gasteiger partial charge in [-0.1, -0.05) is 0 Å². The number of carbonyl (C=O) groups is 1. The Balaban J connectivity index is 1.40. The molecule has 4 heterocycles. The van der Waals surface area contributed by atoms with Crippen molar-refractivity contribution in [3.8, 4) is 5.88 Å². The van der Waals surface area contributed by atoms with Crippen LogP contribution in [-0.4, -0.2) is 32.6 Å². The number of nitrogens with zero attached hydrogens (tertiary/aromatic N) is 3. The van der Waals surface area contributed by atoms with E-state index in [-0.39, 0.29) is 17.5 Å². The van der Waals surface area contributed by atoms with Crippen molar-refractivity contribution in [2.24, 2.45) is 11.5 Å². The van der Waals surface area contributed by atoms with Gasteiger partial charge in [-0.3, -0.25) is 0 Å². The molecule has 3 aromatic heterocycles. The molecule has 34 heavy (non-hydrogen) atoms. The summed E-state index contributed by atoms with van der Waals surface area (Å²) in [6, 6.07) is 5.43. The number of cyclic esters (lactones) is 1. The van der Waals surface area contributed by atoms with Crippen LogP contribution in [0.15, 0.2) is 30.6 Å². The van der Waals surface area contributed by atoms with E-state index in [1.165, 1.54) is 0 Å². The first-order valence-electron chi connectivity index (χ1n) is 11.6. The van der Waals surface area contributed by atoms with Crippen LogP contribution in [0.1, 0.15) is 68.1 Å². The van der Waals surface area contributed by atoms with E-state index in [4.69, 9.17) is 25.9 Å². The number of fused-ring (bicyclic) bond motifs is 3. The Morgan fingerprint density at radius 1 is 1.12 bits per heavy atom. The Morgan fingerprint density at radius 3 is 2.56 bits per heavy atom. The third-order valence-electron chi connectivity index (χ3n) is 7.19. The Hall–Kier alpha value is -3.30. The highest BCUT2D eigenvalue weighted by Crippen LogP contribution is 2.59. The van der Waals surface area contributed by atoms with Gasteiger partial charge in [-0.2, -0.15) is 0 Å². The highest BCUT2D eigenvalue weighted by molar-refractivity contribution is 5.94. The van der Waals surface area contributed by atoms with Gasteiger partial charge in [-0.15, -0.1) is 0 Å². The molecule has 5 N–H and O–H groups in total. The van der Waals surface area contributed by atoms with Gasteiger partial charge in [-0.05, 0) is 64.7 Å². The lowest BCUT2D eigenvalue weighted by molar-refractivity contribution is -0.0285. The summed E-state index contributed by atoms with van der Waals surface area (Å²) < 4.78 is 11.7. The Bertz CT molecular complexity index is 1340. The van der Waals surface area contributed by atoms with Gasteiger partial charge in [0.05, 0.1) is 27.7 Å². The molecule has 3 aromatic rings. The summed E-state index contributed by atoms with van der Waals surface area (Å²) in [5.41, 5.74) is 12.6. The fourth-order valence-electron chi connectivity index (χ4n) is 4.87. The number of anilines is 2. The molecular formula is C25H28N6O3. The summed E-state index contributed by atoms with van der Waals surface area (Å²) in [7, 11) is 0. The molecule has 0 saturated heterocycles. The summed E-state index contributed by atoms with van der Waals surface area (Å²) in [4.78, 5) is 26.4. The highest BCUT2D eigenvalue weighted by atomic mass is 16.6.